The monoisotopic (exact) mass is 326 g/mol. The van der Waals surface area contributed by atoms with Gasteiger partial charge in [-0.25, -0.2) is 9.59 Å². The van der Waals surface area contributed by atoms with Crippen LogP contribution in [0.1, 0.15) is 22.8 Å². The van der Waals surface area contributed by atoms with E-state index in [1.54, 1.807) is 24.3 Å². The average Bonchev–Trinajstić information content (AvgIpc) is 2.54. The Hall–Kier alpha value is -3.41. The number of carbonyl (C=O) groups excluding carboxylic acids is 2. The lowest BCUT2D eigenvalue weighted by atomic mass is 10.2. The molecule has 2 aromatic rings. The zero-order valence-electron chi connectivity index (χ0n) is 12.8. The highest BCUT2D eigenvalue weighted by atomic mass is 16.5. The molecule has 0 radical (unpaired) electrons. The molecule has 0 unspecified atom stereocenters. The van der Waals surface area contributed by atoms with Crippen molar-refractivity contribution in [2.45, 2.75) is 6.92 Å². The predicted molar refractivity (Wildman–Crippen MR) is 85.8 cm³/mol. The highest BCUT2D eigenvalue weighted by Crippen LogP contribution is 2.21. The Bertz CT molecular complexity index is 789. The Balaban J connectivity index is 2.12. The van der Waals surface area contributed by atoms with Crippen molar-refractivity contribution in [3.8, 4) is 11.5 Å². The number of ether oxygens (including phenoxy) is 2. The zero-order chi connectivity index (χ0) is 17.5. The van der Waals surface area contributed by atoms with Gasteiger partial charge >= 0.3 is 17.9 Å². The van der Waals surface area contributed by atoms with Crippen molar-refractivity contribution in [1.82, 2.24) is 0 Å². The first kappa shape index (κ1) is 17.0. The lowest BCUT2D eigenvalue weighted by molar-refractivity contribution is -0.132. The topological polar surface area (TPSA) is 89.9 Å². The number of hydrogen-bond acceptors (Lipinski definition) is 5. The van der Waals surface area contributed by atoms with Crippen LogP contribution < -0.4 is 9.47 Å². The molecule has 0 saturated carbocycles. The van der Waals surface area contributed by atoms with E-state index in [0.29, 0.717) is 5.56 Å². The van der Waals surface area contributed by atoms with E-state index < -0.39 is 17.9 Å². The van der Waals surface area contributed by atoms with Gasteiger partial charge in [-0.15, -0.1) is 0 Å². The summed E-state index contributed by atoms with van der Waals surface area (Å²) >= 11 is 0. The summed E-state index contributed by atoms with van der Waals surface area (Å²) in [4.78, 5) is 33.7. The molecule has 0 aliphatic heterocycles. The molecule has 0 aromatic heterocycles. The van der Waals surface area contributed by atoms with Gasteiger partial charge in [-0.2, -0.15) is 0 Å². The Kier molecular flexibility index (Phi) is 5.46. The second-order valence-electron chi connectivity index (χ2n) is 4.72. The molecule has 0 amide bonds. The largest absolute Gasteiger partial charge is 0.478 e. The molecule has 2 aromatic carbocycles. The molecule has 6 heteroatoms. The van der Waals surface area contributed by atoms with Gasteiger partial charge in [0.2, 0.25) is 0 Å². The molecule has 24 heavy (non-hydrogen) atoms. The van der Waals surface area contributed by atoms with Crippen molar-refractivity contribution >= 4 is 24.0 Å². The molecular formula is C18H14O6. The van der Waals surface area contributed by atoms with E-state index in [2.05, 4.69) is 0 Å². The summed E-state index contributed by atoms with van der Waals surface area (Å²) < 4.78 is 10.2. The summed E-state index contributed by atoms with van der Waals surface area (Å²) in [5, 5.41) is 8.57. The van der Waals surface area contributed by atoms with Crippen LogP contribution in [0.15, 0.2) is 54.6 Å². The van der Waals surface area contributed by atoms with E-state index in [1.807, 2.05) is 0 Å². The summed E-state index contributed by atoms with van der Waals surface area (Å²) in [6.07, 6.45) is 2.43. The number of carboxylic acid groups (broad SMARTS) is 1. The van der Waals surface area contributed by atoms with Crippen LogP contribution in [-0.2, 0) is 9.59 Å². The van der Waals surface area contributed by atoms with E-state index in [1.165, 1.54) is 37.3 Å². The van der Waals surface area contributed by atoms with E-state index in [0.717, 1.165) is 6.08 Å². The van der Waals surface area contributed by atoms with Crippen molar-refractivity contribution < 1.29 is 29.0 Å². The Morgan fingerprint density at radius 3 is 2.25 bits per heavy atom. The molecule has 0 spiro atoms. The first-order chi connectivity index (χ1) is 11.5. The van der Waals surface area contributed by atoms with Crippen molar-refractivity contribution in [3.05, 3.63) is 65.7 Å². The molecule has 0 aliphatic rings. The number of para-hydroxylation sites is 1. The highest BCUT2D eigenvalue weighted by molar-refractivity contribution is 5.94. The quantitative estimate of drug-likeness (QED) is 0.516. The van der Waals surface area contributed by atoms with E-state index in [-0.39, 0.29) is 17.1 Å². The number of rotatable bonds is 5. The maximum absolute atomic E-state index is 12.2. The van der Waals surface area contributed by atoms with Gasteiger partial charge in [-0.05, 0) is 35.9 Å². The lowest BCUT2D eigenvalue weighted by Gasteiger charge is -2.08. The number of esters is 2. The molecular weight excluding hydrogens is 312 g/mol. The summed E-state index contributed by atoms with van der Waals surface area (Å²) in [5.74, 6) is -1.85. The second kappa shape index (κ2) is 7.73. The van der Waals surface area contributed by atoms with Crippen LogP contribution in [0.25, 0.3) is 6.08 Å². The number of carboxylic acids is 1. The molecule has 122 valence electrons. The predicted octanol–water partition coefficient (Wildman–Crippen LogP) is 2.93. The van der Waals surface area contributed by atoms with Gasteiger partial charge in [0.05, 0.1) is 0 Å². The minimum Gasteiger partial charge on any atom is -0.478 e. The fraction of sp³-hybridized carbons (Fsp3) is 0.0556. The smallest absolute Gasteiger partial charge is 0.347 e. The summed E-state index contributed by atoms with van der Waals surface area (Å²) in [6.45, 7) is 1.24. The van der Waals surface area contributed by atoms with E-state index in [4.69, 9.17) is 14.6 Å². The third-order valence-corrected chi connectivity index (χ3v) is 2.87. The third kappa shape index (κ3) is 4.81. The van der Waals surface area contributed by atoms with Crippen LogP contribution in [0, 0.1) is 0 Å². The van der Waals surface area contributed by atoms with Crippen LogP contribution >= 0.6 is 0 Å². The summed E-state index contributed by atoms with van der Waals surface area (Å²) in [7, 11) is 0. The summed E-state index contributed by atoms with van der Waals surface area (Å²) in [6, 6.07) is 12.5. The SMILES string of the molecule is CC(=O)Oc1ccccc1C(=O)Oc1ccc(/C=C/C(=O)O)cc1. The maximum atomic E-state index is 12.2. The third-order valence-electron chi connectivity index (χ3n) is 2.87. The molecule has 0 aliphatic carbocycles. The molecule has 0 bridgehead atoms. The number of benzene rings is 2. The first-order valence-electron chi connectivity index (χ1n) is 6.96. The Morgan fingerprint density at radius 2 is 1.62 bits per heavy atom. The summed E-state index contributed by atoms with van der Waals surface area (Å²) in [5.41, 5.74) is 0.778. The van der Waals surface area contributed by atoms with Crippen LogP contribution in [0.4, 0.5) is 0 Å². The van der Waals surface area contributed by atoms with E-state index >= 15 is 0 Å². The van der Waals surface area contributed by atoms with Crippen LogP contribution in [0.3, 0.4) is 0 Å². The van der Waals surface area contributed by atoms with Gasteiger partial charge in [0.1, 0.15) is 17.1 Å². The standard InChI is InChI=1S/C18H14O6/c1-12(19)23-16-5-3-2-4-15(16)18(22)24-14-9-6-13(7-10-14)8-11-17(20)21/h2-11H,1H3,(H,20,21)/b11-8+. The van der Waals surface area contributed by atoms with Gasteiger partial charge in [0.25, 0.3) is 0 Å². The lowest BCUT2D eigenvalue weighted by Crippen LogP contribution is -2.12. The molecule has 0 saturated heterocycles. The number of hydrogen-bond donors (Lipinski definition) is 1. The average molecular weight is 326 g/mol. The fourth-order valence-electron chi connectivity index (χ4n) is 1.86. The normalized spacial score (nSPS) is 10.4. The maximum Gasteiger partial charge on any atom is 0.347 e. The van der Waals surface area contributed by atoms with E-state index in [9.17, 15) is 14.4 Å². The fourth-order valence-corrected chi connectivity index (χ4v) is 1.86. The minimum atomic E-state index is -1.05. The number of aliphatic carboxylic acids is 1. The van der Waals surface area contributed by atoms with Crippen molar-refractivity contribution in [1.29, 1.82) is 0 Å². The molecule has 1 N–H and O–H groups in total. The van der Waals surface area contributed by atoms with Gasteiger partial charge < -0.3 is 14.6 Å². The van der Waals surface area contributed by atoms with Gasteiger partial charge in [-0.1, -0.05) is 24.3 Å². The van der Waals surface area contributed by atoms with Crippen molar-refractivity contribution in [2.75, 3.05) is 0 Å². The van der Waals surface area contributed by atoms with Gasteiger partial charge in [-0.3, -0.25) is 4.79 Å². The van der Waals surface area contributed by atoms with Crippen molar-refractivity contribution in [3.63, 3.8) is 0 Å². The highest BCUT2D eigenvalue weighted by Gasteiger charge is 2.15. The van der Waals surface area contributed by atoms with Crippen molar-refractivity contribution in [2.24, 2.45) is 0 Å². The van der Waals surface area contributed by atoms with Crippen LogP contribution in [0.5, 0.6) is 11.5 Å². The van der Waals surface area contributed by atoms with Gasteiger partial charge in [0.15, 0.2) is 0 Å². The first-order valence-corrected chi connectivity index (χ1v) is 6.96. The Morgan fingerprint density at radius 1 is 0.958 bits per heavy atom. The van der Waals surface area contributed by atoms with Crippen LogP contribution in [0.2, 0.25) is 0 Å². The second-order valence-corrected chi connectivity index (χ2v) is 4.72. The molecule has 0 heterocycles. The molecule has 0 atom stereocenters. The minimum absolute atomic E-state index is 0.121. The zero-order valence-corrected chi connectivity index (χ0v) is 12.8. The molecule has 2 rings (SSSR count). The Labute approximate surface area is 137 Å². The molecule has 0 fully saturated rings. The number of carbonyl (C=O) groups is 3. The van der Waals surface area contributed by atoms with Gasteiger partial charge in [0, 0.05) is 13.0 Å². The van der Waals surface area contributed by atoms with Crippen LogP contribution in [-0.4, -0.2) is 23.0 Å². The molecule has 6 nitrogen and oxygen atoms in total.